The number of ether oxygens (including phenoxy) is 1. The van der Waals surface area contributed by atoms with Crippen molar-refractivity contribution in [2.45, 2.75) is 19.3 Å². The fraction of sp³-hybridized carbons (Fsp3) is 0.529. The number of hydrogen-bond donors (Lipinski definition) is 1. The zero-order valence-corrected chi connectivity index (χ0v) is 14.8. The van der Waals surface area contributed by atoms with E-state index in [1.807, 2.05) is 12.1 Å². The lowest BCUT2D eigenvalue weighted by molar-refractivity contribution is -0.121. The molecule has 1 aromatic carbocycles. The summed E-state index contributed by atoms with van der Waals surface area (Å²) in [6, 6.07) is 7.31. The minimum absolute atomic E-state index is 0.0156. The number of Topliss-reactive ketones (excluding diaryl/α,β-unsaturated/α-hetero) is 1. The van der Waals surface area contributed by atoms with Crippen LogP contribution >= 0.6 is 15.9 Å². The van der Waals surface area contributed by atoms with Crippen LogP contribution in [0.15, 0.2) is 28.7 Å². The van der Waals surface area contributed by atoms with Crippen LogP contribution in [0, 0.1) is 0 Å². The molecule has 0 aliphatic carbocycles. The van der Waals surface area contributed by atoms with Gasteiger partial charge in [-0.3, -0.25) is 14.5 Å². The topological polar surface area (TPSA) is 58.6 Å². The molecule has 23 heavy (non-hydrogen) atoms. The number of hydrogen-bond acceptors (Lipinski definition) is 4. The Kier molecular flexibility index (Phi) is 7.71. The van der Waals surface area contributed by atoms with Gasteiger partial charge in [-0.2, -0.15) is 0 Å². The molecule has 0 spiro atoms. The molecule has 5 nitrogen and oxygen atoms in total. The Hall–Kier alpha value is -1.24. The summed E-state index contributed by atoms with van der Waals surface area (Å²) in [5.41, 5.74) is 0.695. The number of ketones is 1. The van der Waals surface area contributed by atoms with Crippen molar-refractivity contribution in [1.29, 1.82) is 0 Å². The molecular formula is C17H23BrN2O3. The van der Waals surface area contributed by atoms with E-state index in [0.29, 0.717) is 31.4 Å². The Morgan fingerprint density at radius 1 is 1.13 bits per heavy atom. The van der Waals surface area contributed by atoms with Crippen LogP contribution in [-0.4, -0.2) is 56.0 Å². The first-order valence-electron chi connectivity index (χ1n) is 8.01. The summed E-state index contributed by atoms with van der Waals surface area (Å²) >= 11 is 3.34. The van der Waals surface area contributed by atoms with E-state index in [0.717, 1.165) is 37.3 Å². The van der Waals surface area contributed by atoms with Gasteiger partial charge in [0.05, 0.1) is 13.2 Å². The highest BCUT2D eigenvalue weighted by atomic mass is 79.9. The average Bonchev–Trinajstić information content (AvgIpc) is 2.56. The van der Waals surface area contributed by atoms with E-state index in [-0.39, 0.29) is 11.7 Å². The van der Waals surface area contributed by atoms with Gasteiger partial charge < -0.3 is 10.1 Å². The molecule has 0 aromatic heterocycles. The lowest BCUT2D eigenvalue weighted by Gasteiger charge is -2.26. The molecule has 6 heteroatoms. The summed E-state index contributed by atoms with van der Waals surface area (Å²) in [5, 5.41) is 2.91. The summed E-state index contributed by atoms with van der Waals surface area (Å²) in [6.45, 7) is 4.90. The van der Waals surface area contributed by atoms with Gasteiger partial charge in [-0.25, -0.2) is 0 Å². The molecule has 1 amide bonds. The van der Waals surface area contributed by atoms with Crippen molar-refractivity contribution in [3.05, 3.63) is 34.3 Å². The number of nitrogens with zero attached hydrogens (tertiary/aromatic N) is 1. The average molecular weight is 383 g/mol. The van der Waals surface area contributed by atoms with Crippen molar-refractivity contribution >= 4 is 27.6 Å². The van der Waals surface area contributed by atoms with Gasteiger partial charge in [0.15, 0.2) is 5.78 Å². The number of amides is 1. The van der Waals surface area contributed by atoms with E-state index >= 15 is 0 Å². The fourth-order valence-electron chi connectivity index (χ4n) is 2.46. The number of benzene rings is 1. The van der Waals surface area contributed by atoms with Crippen molar-refractivity contribution in [1.82, 2.24) is 10.2 Å². The molecule has 1 aliphatic rings. The summed E-state index contributed by atoms with van der Waals surface area (Å²) < 4.78 is 6.23. The van der Waals surface area contributed by atoms with Crippen LogP contribution in [-0.2, 0) is 9.53 Å². The van der Waals surface area contributed by atoms with E-state index in [1.54, 1.807) is 12.1 Å². The normalized spacial score (nSPS) is 15.3. The minimum atomic E-state index is 0.0156. The van der Waals surface area contributed by atoms with Crippen LogP contribution in [0.4, 0.5) is 0 Å². The Balaban J connectivity index is 1.57. The standard InChI is InChI=1S/C17H23BrN2O3/c18-15-6-4-14(5-7-15)16(21)2-1-3-17(22)19-8-9-20-10-12-23-13-11-20/h4-7H,1-3,8-13H2,(H,19,22). The molecule has 0 radical (unpaired) electrons. The molecule has 1 aromatic rings. The number of carbonyl (C=O) groups is 2. The number of halogens is 1. The monoisotopic (exact) mass is 382 g/mol. The molecule has 1 N–H and O–H groups in total. The van der Waals surface area contributed by atoms with Crippen LogP contribution in [0.3, 0.4) is 0 Å². The Morgan fingerprint density at radius 3 is 2.52 bits per heavy atom. The summed E-state index contributed by atoms with van der Waals surface area (Å²) in [6.07, 6.45) is 1.38. The second kappa shape index (κ2) is 9.80. The highest BCUT2D eigenvalue weighted by molar-refractivity contribution is 9.10. The smallest absolute Gasteiger partial charge is 0.220 e. The maximum atomic E-state index is 12.0. The van der Waals surface area contributed by atoms with Gasteiger partial charge in [-0.1, -0.05) is 28.1 Å². The van der Waals surface area contributed by atoms with Gasteiger partial charge in [0.2, 0.25) is 5.91 Å². The van der Waals surface area contributed by atoms with Crippen molar-refractivity contribution < 1.29 is 14.3 Å². The van der Waals surface area contributed by atoms with Crippen LogP contribution < -0.4 is 5.32 Å². The van der Waals surface area contributed by atoms with E-state index in [1.165, 1.54) is 0 Å². The third-order valence-corrected chi connectivity index (χ3v) is 4.36. The lowest BCUT2D eigenvalue weighted by atomic mass is 10.1. The number of rotatable bonds is 8. The van der Waals surface area contributed by atoms with Crippen molar-refractivity contribution in [3.63, 3.8) is 0 Å². The molecule has 1 heterocycles. The summed E-state index contributed by atoms with van der Waals surface area (Å²) in [5.74, 6) is 0.0977. The van der Waals surface area contributed by atoms with Crippen LogP contribution in [0.1, 0.15) is 29.6 Å². The van der Waals surface area contributed by atoms with Crippen molar-refractivity contribution in [2.24, 2.45) is 0 Å². The minimum Gasteiger partial charge on any atom is -0.379 e. The molecule has 126 valence electrons. The zero-order chi connectivity index (χ0) is 16.5. The van der Waals surface area contributed by atoms with E-state index in [4.69, 9.17) is 4.74 Å². The Morgan fingerprint density at radius 2 is 1.83 bits per heavy atom. The van der Waals surface area contributed by atoms with Crippen LogP contribution in [0.5, 0.6) is 0 Å². The largest absolute Gasteiger partial charge is 0.379 e. The lowest BCUT2D eigenvalue weighted by Crippen LogP contribution is -2.41. The maximum Gasteiger partial charge on any atom is 0.220 e. The molecule has 0 bridgehead atoms. The van der Waals surface area contributed by atoms with Crippen molar-refractivity contribution in [3.8, 4) is 0 Å². The maximum absolute atomic E-state index is 12.0. The highest BCUT2D eigenvalue weighted by Crippen LogP contribution is 2.13. The number of nitrogens with one attached hydrogen (secondary N) is 1. The quantitative estimate of drug-likeness (QED) is 0.700. The van der Waals surface area contributed by atoms with Gasteiger partial charge in [0.25, 0.3) is 0 Å². The second-order valence-corrected chi connectivity index (χ2v) is 6.50. The van der Waals surface area contributed by atoms with E-state index < -0.39 is 0 Å². The molecule has 0 atom stereocenters. The Bertz CT molecular complexity index is 513. The highest BCUT2D eigenvalue weighted by Gasteiger charge is 2.11. The molecule has 1 fully saturated rings. The zero-order valence-electron chi connectivity index (χ0n) is 13.2. The fourth-order valence-corrected chi connectivity index (χ4v) is 2.72. The third-order valence-electron chi connectivity index (χ3n) is 3.83. The van der Waals surface area contributed by atoms with Crippen LogP contribution in [0.25, 0.3) is 0 Å². The molecule has 1 saturated heterocycles. The van der Waals surface area contributed by atoms with E-state index in [2.05, 4.69) is 26.1 Å². The predicted octanol–water partition coefficient (Wildman–Crippen LogP) is 2.25. The predicted molar refractivity (Wildman–Crippen MR) is 92.6 cm³/mol. The second-order valence-electron chi connectivity index (χ2n) is 5.59. The SMILES string of the molecule is O=C(CCCC(=O)c1ccc(Br)cc1)NCCN1CCOCC1. The molecule has 1 aliphatic heterocycles. The van der Waals surface area contributed by atoms with Gasteiger partial charge in [-0.15, -0.1) is 0 Å². The first-order valence-corrected chi connectivity index (χ1v) is 8.80. The number of morpholine rings is 1. The van der Waals surface area contributed by atoms with Gasteiger partial charge in [0, 0.05) is 49.1 Å². The van der Waals surface area contributed by atoms with E-state index in [9.17, 15) is 9.59 Å². The molecular weight excluding hydrogens is 360 g/mol. The molecule has 0 unspecified atom stereocenters. The van der Waals surface area contributed by atoms with Gasteiger partial charge >= 0.3 is 0 Å². The summed E-state index contributed by atoms with van der Waals surface area (Å²) in [4.78, 5) is 26.0. The third kappa shape index (κ3) is 6.81. The molecule has 2 rings (SSSR count). The van der Waals surface area contributed by atoms with Crippen molar-refractivity contribution in [2.75, 3.05) is 39.4 Å². The van der Waals surface area contributed by atoms with Gasteiger partial charge in [0.1, 0.15) is 0 Å². The molecule has 0 saturated carbocycles. The first kappa shape index (κ1) is 18.1. The first-order chi connectivity index (χ1) is 11.1. The van der Waals surface area contributed by atoms with Crippen LogP contribution in [0.2, 0.25) is 0 Å². The summed E-state index contributed by atoms with van der Waals surface area (Å²) in [7, 11) is 0. The Labute approximate surface area is 145 Å². The van der Waals surface area contributed by atoms with Gasteiger partial charge in [-0.05, 0) is 18.6 Å². The number of carbonyl (C=O) groups excluding carboxylic acids is 2.